The monoisotopic (exact) mass is 513 g/mol. The molecule has 196 valence electrons. The Morgan fingerprint density at radius 2 is 1.56 bits per heavy atom. The van der Waals surface area contributed by atoms with Gasteiger partial charge in [-0.25, -0.2) is 8.42 Å². The third-order valence-electron chi connectivity index (χ3n) is 7.06. The second-order valence-electron chi connectivity index (χ2n) is 9.87. The number of carbonyl (C=O) groups excluding carboxylic acids is 2. The summed E-state index contributed by atoms with van der Waals surface area (Å²) in [6, 6.07) is 12.7. The minimum absolute atomic E-state index is 0.129. The predicted octanol–water partition coefficient (Wildman–Crippen LogP) is 4.24. The van der Waals surface area contributed by atoms with E-state index < -0.39 is 22.0 Å². The van der Waals surface area contributed by atoms with Gasteiger partial charge in [0.25, 0.3) is 0 Å². The number of carbonyl (C=O) groups is 2. The van der Waals surface area contributed by atoms with E-state index >= 15 is 0 Å². The van der Waals surface area contributed by atoms with Crippen LogP contribution in [0.2, 0.25) is 0 Å². The summed E-state index contributed by atoms with van der Waals surface area (Å²) in [5.74, 6) is -0.580. The van der Waals surface area contributed by atoms with Crippen molar-refractivity contribution in [2.45, 2.75) is 78.4 Å². The minimum atomic E-state index is -3.76. The molecule has 0 heterocycles. The van der Waals surface area contributed by atoms with E-state index in [4.69, 9.17) is 0 Å². The number of para-hydroxylation sites is 1. The van der Waals surface area contributed by atoms with E-state index in [9.17, 15) is 18.0 Å². The molecule has 0 aromatic heterocycles. The zero-order chi connectivity index (χ0) is 26.5. The van der Waals surface area contributed by atoms with Crippen LogP contribution in [-0.2, 0) is 26.2 Å². The number of benzene rings is 2. The first-order valence-corrected chi connectivity index (χ1v) is 14.6. The van der Waals surface area contributed by atoms with E-state index in [0.29, 0.717) is 12.1 Å². The summed E-state index contributed by atoms with van der Waals surface area (Å²) in [6.45, 7) is 7.38. The van der Waals surface area contributed by atoms with Crippen LogP contribution in [0, 0.1) is 20.8 Å². The molecule has 0 aliphatic heterocycles. The van der Waals surface area contributed by atoms with Crippen molar-refractivity contribution in [2.24, 2.45) is 0 Å². The first-order valence-electron chi connectivity index (χ1n) is 12.7. The van der Waals surface area contributed by atoms with Crippen molar-refractivity contribution in [3.05, 3.63) is 64.7 Å². The Morgan fingerprint density at radius 1 is 0.972 bits per heavy atom. The number of anilines is 1. The number of sulfonamides is 1. The number of hydrogen-bond donors (Lipinski definition) is 1. The van der Waals surface area contributed by atoms with E-state index in [1.807, 2.05) is 70.2 Å². The Hall–Kier alpha value is -2.87. The van der Waals surface area contributed by atoms with E-state index in [2.05, 4.69) is 5.32 Å². The van der Waals surface area contributed by atoms with Gasteiger partial charge in [-0.1, -0.05) is 62.2 Å². The van der Waals surface area contributed by atoms with Gasteiger partial charge in [-0.15, -0.1) is 0 Å². The highest BCUT2D eigenvalue weighted by atomic mass is 32.2. The van der Waals surface area contributed by atoms with Crippen LogP contribution >= 0.6 is 0 Å². The van der Waals surface area contributed by atoms with Gasteiger partial charge in [0.2, 0.25) is 21.8 Å². The van der Waals surface area contributed by atoms with Crippen molar-refractivity contribution in [1.29, 1.82) is 0 Å². The summed E-state index contributed by atoms with van der Waals surface area (Å²) in [6.07, 6.45) is 5.62. The lowest BCUT2D eigenvalue weighted by Gasteiger charge is -2.34. The highest BCUT2D eigenvalue weighted by Gasteiger charge is 2.33. The zero-order valence-corrected chi connectivity index (χ0v) is 22.9. The van der Waals surface area contributed by atoms with Gasteiger partial charge in [-0.3, -0.25) is 13.9 Å². The topological polar surface area (TPSA) is 86.8 Å². The molecule has 1 fully saturated rings. The van der Waals surface area contributed by atoms with Crippen molar-refractivity contribution in [2.75, 3.05) is 17.1 Å². The standard InChI is InChI=1S/C28H39N3O4S/c1-6-25(28(33)29-24-16-9-10-17-24)30(18-23-15-8-7-12-20(23)2)26(32)19-31(36(5,34)35)27-21(3)13-11-14-22(27)4/h7-8,11-15,24-25H,6,9-10,16-19H2,1-5H3,(H,29,33)/t25-/m1/s1. The van der Waals surface area contributed by atoms with Crippen LogP contribution < -0.4 is 9.62 Å². The molecular weight excluding hydrogens is 474 g/mol. The molecule has 0 saturated heterocycles. The SMILES string of the molecule is CC[C@H](C(=O)NC1CCCC1)N(Cc1ccccc1C)C(=O)CN(c1c(C)cccc1C)S(C)(=O)=O. The van der Waals surface area contributed by atoms with Gasteiger partial charge < -0.3 is 10.2 Å². The van der Waals surface area contributed by atoms with E-state index in [-0.39, 0.29) is 25.0 Å². The Kier molecular flexibility index (Phi) is 9.17. The maximum absolute atomic E-state index is 13.9. The average Bonchev–Trinajstić information content (AvgIpc) is 3.31. The Bertz CT molecular complexity index is 1170. The van der Waals surface area contributed by atoms with Gasteiger partial charge in [-0.2, -0.15) is 0 Å². The lowest BCUT2D eigenvalue weighted by molar-refractivity contribution is -0.140. The number of rotatable bonds is 10. The number of aryl methyl sites for hydroxylation is 3. The Balaban J connectivity index is 1.97. The fraction of sp³-hybridized carbons (Fsp3) is 0.500. The fourth-order valence-corrected chi connectivity index (χ4v) is 6.00. The quantitative estimate of drug-likeness (QED) is 0.515. The van der Waals surface area contributed by atoms with Crippen molar-refractivity contribution >= 4 is 27.5 Å². The molecule has 0 spiro atoms. The maximum Gasteiger partial charge on any atom is 0.244 e. The van der Waals surface area contributed by atoms with Gasteiger partial charge in [-0.05, 0) is 62.3 Å². The summed E-state index contributed by atoms with van der Waals surface area (Å²) in [5, 5.41) is 3.13. The first-order chi connectivity index (χ1) is 17.0. The van der Waals surface area contributed by atoms with Gasteiger partial charge >= 0.3 is 0 Å². The molecule has 3 rings (SSSR count). The Morgan fingerprint density at radius 3 is 2.11 bits per heavy atom. The minimum Gasteiger partial charge on any atom is -0.352 e. The first kappa shape index (κ1) is 27.7. The van der Waals surface area contributed by atoms with Crippen molar-refractivity contribution in [3.63, 3.8) is 0 Å². The molecule has 7 nitrogen and oxygen atoms in total. The molecule has 1 aliphatic carbocycles. The van der Waals surface area contributed by atoms with Crippen LogP contribution in [0.15, 0.2) is 42.5 Å². The molecule has 2 aromatic carbocycles. The summed E-state index contributed by atoms with van der Waals surface area (Å²) < 4.78 is 26.9. The third-order valence-corrected chi connectivity index (χ3v) is 8.17. The van der Waals surface area contributed by atoms with Gasteiger partial charge in [0, 0.05) is 12.6 Å². The lowest BCUT2D eigenvalue weighted by Crippen LogP contribution is -2.53. The smallest absolute Gasteiger partial charge is 0.244 e. The summed E-state index contributed by atoms with van der Waals surface area (Å²) in [4.78, 5) is 28.8. The molecule has 0 bridgehead atoms. The fourth-order valence-electron chi connectivity index (χ4n) is 5.03. The summed E-state index contributed by atoms with van der Waals surface area (Å²) >= 11 is 0. The average molecular weight is 514 g/mol. The van der Waals surface area contributed by atoms with Crippen LogP contribution in [0.3, 0.4) is 0 Å². The number of hydrogen-bond acceptors (Lipinski definition) is 4. The van der Waals surface area contributed by atoms with Crippen LogP contribution in [0.25, 0.3) is 0 Å². The molecule has 1 aliphatic rings. The molecule has 0 radical (unpaired) electrons. The second kappa shape index (κ2) is 11.9. The third kappa shape index (κ3) is 6.66. The van der Waals surface area contributed by atoms with Crippen LogP contribution in [0.1, 0.15) is 61.3 Å². The largest absolute Gasteiger partial charge is 0.352 e. The number of amides is 2. The van der Waals surface area contributed by atoms with E-state index in [0.717, 1.165) is 54.2 Å². The molecule has 0 unspecified atom stereocenters. The highest BCUT2D eigenvalue weighted by molar-refractivity contribution is 7.92. The van der Waals surface area contributed by atoms with E-state index in [1.54, 1.807) is 4.90 Å². The molecule has 2 amide bonds. The van der Waals surface area contributed by atoms with E-state index in [1.165, 1.54) is 4.31 Å². The van der Waals surface area contributed by atoms with Gasteiger partial charge in [0.15, 0.2) is 0 Å². The van der Waals surface area contributed by atoms with Gasteiger partial charge in [0.1, 0.15) is 12.6 Å². The molecule has 1 saturated carbocycles. The molecule has 2 aromatic rings. The molecular formula is C28H39N3O4S. The highest BCUT2D eigenvalue weighted by Crippen LogP contribution is 2.27. The summed E-state index contributed by atoms with van der Waals surface area (Å²) in [5.41, 5.74) is 3.98. The van der Waals surface area contributed by atoms with Gasteiger partial charge in [0.05, 0.1) is 11.9 Å². The Labute approximate surface area is 215 Å². The number of nitrogens with zero attached hydrogens (tertiary/aromatic N) is 2. The predicted molar refractivity (Wildman–Crippen MR) is 144 cm³/mol. The lowest BCUT2D eigenvalue weighted by atomic mass is 10.1. The second-order valence-corrected chi connectivity index (χ2v) is 11.8. The zero-order valence-electron chi connectivity index (χ0n) is 22.1. The number of nitrogens with one attached hydrogen (secondary N) is 1. The van der Waals surface area contributed by atoms with Crippen molar-refractivity contribution in [3.8, 4) is 0 Å². The van der Waals surface area contributed by atoms with Crippen molar-refractivity contribution < 1.29 is 18.0 Å². The molecule has 1 atom stereocenters. The van der Waals surface area contributed by atoms with Crippen LogP contribution in [0.5, 0.6) is 0 Å². The summed E-state index contributed by atoms with van der Waals surface area (Å²) in [7, 11) is -3.76. The molecule has 8 heteroatoms. The van der Waals surface area contributed by atoms with Crippen molar-refractivity contribution in [1.82, 2.24) is 10.2 Å². The normalized spacial score (nSPS) is 14.9. The van der Waals surface area contributed by atoms with Crippen LogP contribution in [0.4, 0.5) is 5.69 Å². The maximum atomic E-state index is 13.9. The van der Waals surface area contributed by atoms with Crippen LogP contribution in [-0.4, -0.2) is 50.0 Å². The molecule has 1 N–H and O–H groups in total. The molecule has 36 heavy (non-hydrogen) atoms.